The van der Waals surface area contributed by atoms with E-state index in [1.54, 1.807) is 0 Å². The van der Waals surface area contributed by atoms with Crippen LogP contribution in [0.15, 0.2) is 48.5 Å². The molecule has 0 fully saturated rings. The number of alkyl halides is 3. The highest BCUT2D eigenvalue weighted by atomic mass is 19.4. The van der Waals surface area contributed by atoms with Gasteiger partial charge in [0.25, 0.3) is 0 Å². The first-order valence-electron chi connectivity index (χ1n) is 9.29. The quantitative estimate of drug-likeness (QED) is 0.547. The number of aryl methyl sites for hydroxylation is 1. The number of fused-ring (bicyclic) bond motifs is 1. The molecular formula is C21H24F3N3. The van der Waals surface area contributed by atoms with Crippen LogP contribution >= 0.6 is 0 Å². The zero-order chi connectivity index (χ0) is 19.4. The Bertz CT molecular complexity index is 881. The minimum Gasteiger partial charge on any atom is -0.324 e. The number of nitrogens with zero attached hydrogens (tertiary/aromatic N) is 3. The average Bonchev–Trinajstić information content (AvgIpc) is 3.03. The van der Waals surface area contributed by atoms with Gasteiger partial charge in [-0.1, -0.05) is 44.2 Å². The first-order valence-corrected chi connectivity index (χ1v) is 9.29. The van der Waals surface area contributed by atoms with Crippen molar-refractivity contribution in [1.29, 1.82) is 0 Å². The van der Waals surface area contributed by atoms with Crippen molar-refractivity contribution in [3.05, 3.63) is 54.1 Å². The molecule has 144 valence electrons. The molecule has 0 spiro atoms. The van der Waals surface area contributed by atoms with Gasteiger partial charge >= 0.3 is 6.18 Å². The molecular weight excluding hydrogens is 351 g/mol. The van der Waals surface area contributed by atoms with Gasteiger partial charge in [-0.25, -0.2) is 4.98 Å². The number of halogens is 3. The Balaban J connectivity index is 2.00. The van der Waals surface area contributed by atoms with Crippen LogP contribution in [0.4, 0.5) is 13.2 Å². The Labute approximate surface area is 157 Å². The molecule has 0 aliphatic heterocycles. The topological polar surface area (TPSA) is 21.1 Å². The van der Waals surface area contributed by atoms with E-state index < -0.39 is 11.7 Å². The predicted octanol–water partition coefficient (Wildman–Crippen LogP) is 5.45. The molecule has 0 aliphatic carbocycles. The summed E-state index contributed by atoms with van der Waals surface area (Å²) in [7, 11) is 0. The lowest BCUT2D eigenvalue weighted by Crippen LogP contribution is -2.24. The predicted molar refractivity (Wildman–Crippen MR) is 103 cm³/mol. The van der Waals surface area contributed by atoms with E-state index in [1.165, 1.54) is 6.07 Å². The van der Waals surface area contributed by atoms with Gasteiger partial charge in [-0.05, 0) is 44.3 Å². The zero-order valence-electron chi connectivity index (χ0n) is 15.6. The van der Waals surface area contributed by atoms with Gasteiger partial charge in [0.05, 0.1) is 16.6 Å². The molecule has 3 aromatic rings. The Kier molecular flexibility index (Phi) is 5.85. The standard InChI is InChI=1S/C21H24F3N3/c1-3-26(4-2)13-8-14-27-19-12-11-17(21(22,23)24)15-18(19)25-20(27)16-9-6-5-7-10-16/h5-7,9-12,15H,3-4,8,13-14H2,1-2H3. The highest BCUT2D eigenvalue weighted by molar-refractivity contribution is 5.81. The van der Waals surface area contributed by atoms with E-state index in [0.717, 1.165) is 49.3 Å². The molecule has 0 saturated carbocycles. The molecule has 0 N–H and O–H groups in total. The third-order valence-electron chi connectivity index (χ3n) is 4.86. The van der Waals surface area contributed by atoms with Crippen LogP contribution in [0.5, 0.6) is 0 Å². The third kappa shape index (κ3) is 4.33. The summed E-state index contributed by atoms with van der Waals surface area (Å²) < 4.78 is 41.3. The third-order valence-corrected chi connectivity index (χ3v) is 4.86. The monoisotopic (exact) mass is 375 g/mol. The molecule has 1 heterocycles. The van der Waals surface area contributed by atoms with Gasteiger partial charge in [-0.15, -0.1) is 0 Å². The Hall–Kier alpha value is -2.34. The number of benzene rings is 2. The fourth-order valence-electron chi connectivity index (χ4n) is 3.33. The summed E-state index contributed by atoms with van der Waals surface area (Å²) in [6.45, 7) is 7.89. The van der Waals surface area contributed by atoms with Crippen molar-refractivity contribution in [3.63, 3.8) is 0 Å². The maximum atomic E-state index is 13.1. The maximum Gasteiger partial charge on any atom is 0.416 e. The lowest BCUT2D eigenvalue weighted by atomic mass is 10.2. The summed E-state index contributed by atoms with van der Waals surface area (Å²) in [5.41, 5.74) is 1.36. The second-order valence-electron chi connectivity index (χ2n) is 6.53. The van der Waals surface area contributed by atoms with Crippen LogP contribution in [-0.4, -0.2) is 34.1 Å². The Morgan fingerprint density at radius 3 is 2.33 bits per heavy atom. The van der Waals surface area contributed by atoms with Gasteiger partial charge in [0.2, 0.25) is 0 Å². The van der Waals surface area contributed by atoms with Crippen molar-refractivity contribution in [2.75, 3.05) is 19.6 Å². The van der Waals surface area contributed by atoms with Crippen molar-refractivity contribution in [3.8, 4) is 11.4 Å². The molecule has 3 nitrogen and oxygen atoms in total. The molecule has 27 heavy (non-hydrogen) atoms. The van der Waals surface area contributed by atoms with E-state index in [9.17, 15) is 13.2 Å². The van der Waals surface area contributed by atoms with E-state index >= 15 is 0 Å². The fourth-order valence-corrected chi connectivity index (χ4v) is 3.33. The fraction of sp³-hybridized carbons (Fsp3) is 0.381. The first-order chi connectivity index (χ1) is 12.9. The molecule has 0 radical (unpaired) electrons. The maximum absolute atomic E-state index is 13.1. The minimum absolute atomic E-state index is 0.381. The largest absolute Gasteiger partial charge is 0.416 e. The highest BCUT2D eigenvalue weighted by Crippen LogP contribution is 2.33. The number of hydrogen-bond donors (Lipinski definition) is 0. The lowest BCUT2D eigenvalue weighted by Gasteiger charge is -2.18. The van der Waals surface area contributed by atoms with Crippen LogP contribution in [0, 0.1) is 0 Å². The van der Waals surface area contributed by atoms with Crippen molar-refractivity contribution >= 4 is 11.0 Å². The second kappa shape index (κ2) is 8.13. The number of aromatic nitrogens is 2. The van der Waals surface area contributed by atoms with Crippen molar-refractivity contribution in [2.24, 2.45) is 0 Å². The van der Waals surface area contributed by atoms with Crippen molar-refractivity contribution in [2.45, 2.75) is 33.0 Å². The molecule has 0 saturated heterocycles. The van der Waals surface area contributed by atoms with Crippen LogP contribution in [0.25, 0.3) is 22.4 Å². The van der Waals surface area contributed by atoms with E-state index in [0.29, 0.717) is 17.9 Å². The molecule has 1 aromatic heterocycles. The number of hydrogen-bond acceptors (Lipinski definition) is 2. The molecule has 0 aliphatic rings. The summed E-state index contributed by atoms with van der Waals surface area (Å²) in [4.78, 5) is 6.88. The van der Waals surface area contributed by atoms with Gasteiger partial charge in [0.15, 0.2) is 0 Å². The average molecular weight is 375 g/mol. The summed E-state index contributed by atoms with van der Waals surface area (Å²) >= 11 is 0. The van der Waals surface area contributed by atoms with Crippen LogP contribution < -0.4 is 0 Å². The normalized spacial score (nSPS) is 12.2. The first kappa shape index (κ1) is 19.4. The van der Waals surface area contributed by atoms with Crippen LogP contribution in [0.2, 0.25) is 0 Å². The molecule has 2 aromatic carbocycles. The van der Waals surface area contributed by atoms with Crippen LogP contribution in [-0.2, 0) is 12.7 Å². The molecule has 3 rings (SSSR count). The van der Waals surface area contributed by atoms with Gasteiger partial charge in [-0.2, -0.15) is 13.2 Å². The minimum atomic E-state index is -4.37. The summed E-state index contributed by atoms with van der Waals surface area (Å²) in [6.07, 6.45) is -3.46. The molecule has 6 heteroatoms. The lowest BCUT2D eigenvalue weighted by molar-refractivity contribution is -0.137. The van der Waals surface area contributed by atoms with Gasteiger partial charge in [-0.3, -0.25) is 0 Å². The summed E-state index contributed by atoms with van der Waals surface area (Å²) in [6, 6.07) is 13.4. The van der Waals surface area contributed by atoms with E-state index in [1.807, 2.05) is 34.9 Å². The number of rotatable bonds is 7. The summed E-state index contributed by atoms with van der Waals surface area (Å²) in [5, 5.41) is 0. The van der Waals surface area contributed by atoms with Gasteiger partial charge < -0.3 is 9.47 Å². The van der Waals surface area contributed by atoms with E-state index in [2.05, 4.69) is 23.7 Å². The van der Waals surface area contributed by atoms with Crippen LogP contribution in [0.3, 0.4) is 0 Å². The SMILES string of the molecule is CCN(CC)CCCn1c(-c2ccccc2)nc2cc(C(F)(F)F)ccc21. The molecule has 0 unspecified atom stereocenters. The number of imidazole rings is 1. The van der Waals surface area contributed by atoms with Gasteiger partial charge in [0.1, 0.15) is 5.82 Å². The highest BCUT2D eigenvalue weighted by Gasteiger charge is 2.31. The zero-order valence-corrected chi connectivity index (χ0v) is 15.6. The molecule has 0 bridgehead atoms. The van der Waals surface area contributed by atoms with E-state index in [4.69, 9.17) is 0 Å². The van der Waals surface area contributed by atoms with E-state index in [-0.39, 0.29) is 0 Å². The van der Waals surface area contributed by atoms with Crippen LogP contribution in [0.1, 0.15) is 25.8 Å². The van der Waals surface area contributed by atoms with Crippen molar-refractivity contribution < 1.29 is 13.2 Å². The summed E-state index contributed by atoms with van der Waals surface area (Å²) in [5.74, 6) is 0.712. The van der Waals surface area contributed by atoms with Gasteiger partial charge in [0, 0.05) is 12.1 Å². The smallest absolute Gasteiger partial charge is 0.324 e. The molecule has 0 atom stereocenters. The van der Waals surface area contributed by atoms with Crippen molar-refractivity contribution in [1.82, 2.24) is 14.5 Å². The Morgan fingerprint density at radius 2 is 1.70 bits per heavy atom. The Morgan fingerprint density at radius 1 is 1.00 bits per heavy atom. The second-order valence-corrected chi connectivity index (χ2v) is 6.53. The molecule has 0 amide bonds.